The van der Waals surface area contributed by atoms with Gasteiger partial charge in [-0.3, -0.25) is 0 Å². The van der Waals surface area contributed by atoms with Crippen molar-refractivity contribution < 1.29 is 19.4 Å². The molecule has 0 aliphatic heterocycles. The number of ether oxygens (including phenoxy) is 1. The lowest BCUT2D eigenvalue weighted by atomic mass is 10.1. The molecule has 0 amide bonds. The molecule has 1 atom stereocenters. The Hall–Kier alpha value is -1.98. The van der Waals surface area contributed by atoms with Crippen LogP contribution in [0, 0.1) is 5.92 Å². The van der Waals surface area contributed by atoms with Gasteiger partial charge < -0.3 is 9.84 Å². The van der Waals surface area contributed by atoms with Crippen LogP contribution in [-0.4, -0.2) is 33.1 Å². The van der Waals surface area contributed by atoms with Crippen LogP contribution in [0.15, 0.2) is 18.7 Å². The molecule has 0 radical (unpaired) electrons. The first kappa shape index (κ1) is 13.1. The minimum Gasteiger partial charge on any atom is -0.479 e. The van der Waals surface area contributed by atoms with Crippen molar-refractivity contribution in [3.05, 3.63) is 24.3 Å². The number of hydrogen-bond acceptors (Lipinski definition) is 5. The summed E-state index contributed by atoms with van der Waals surface area (Å²) < 4.78 is 4.89. The highest BCUT2D eigenvalue weighted by Gasteiger charge is 2.24. The molecule has 1 aromatic heterocycles. The number of carboxylic acid groups (broad SMARTS) is 1. The van der Waals surface area contributed by atoms with Crippen LogP contribution in [0.25, 0.3) is 0 Å². The van der Waals surface area contributed by atoms with E-state index >= 15 is 0 Å². The monoisotopic (exact) mass is 238 g/mol. The molecule has 0 saturated carbocycles. The highest BCUT2D eigenvalue weighted by Crippen LogP contribution is 2.11. The third-order valence-electron chi connectivity index (χ3n) is 2.01. The molecule has 1 heterocycles. The van der Waals surface area contributed by atoms with Gasteiger partial charge in [0.1, 0.15) is 6.33 Å². The highest BCUT2D eigenvalue weighted by atomic mass is 16.6. The number of aromatic nitrogens is 2. The lowest BCUT2D eigenvalue weighted by Crippen LogP contribution is -2.28. The van der Waals surface area contributed by atoms with Gasteiger partial charge in [0.25, 0.3) is 0 Å². The van der Waals surface area contributed by atoms with Crippen molar-refractivity contribution in [2.75, 3.05) is 0 Å². The number of carbonyl (C=O) groups is 2. The Bertz CT molecular complexity index is 392. The predicted octanol–water partition coefficient (Wildman–Crippen LogP) is 1.13. The fourth-order valence-corrected chi connectivity index (χ4v) is 1.23. The van der Waals surface area contributed by atoms with Gasteiger partial charge in [0.05, 0.1) is 5.56 Å². The molecule has 0 aliphatic carbocycles. The van der Waals surface area contributed by atoms with E-state index in [1.807, 2.05) is 13.8 Å². The molecule has 0 unspecified atom stereocenters. The fraction of sp³-hybridized carbons (Fsp3) is 0.455. The zero-order chi connectivity index (χ0) is 12.8. The number of aliphatic carboxylic acids is 1. The molecule has 1 aromatic rings. The first-order chi connectivity index (χ1) is 8.00. The van der Waals surface area contributed by atoms with Crippen LogP contribution in [0.2, 0.25) is 0 Å². The second-order valence-electron chi connectivity index (χ2n) is 3.99. The Morgan fingerprint density at radius 1 is 1.35 bits per heavy atom. The van der Waals surface area contributed by atoms with E-state index in [1.54, 1.807) is 0 Å². The Balaban J connectivity index is 2.68. The Kier molecular flexibility index (Phi) is 4.56. The molecule has 0 aromatic carbocycles. The van der Waals surface area contributed by atoms with Crippen molar-refractivity contribution in [3.63, 3.8) is 0 Å². The van der Waals surface area contributed by atoms with E-state index in [9.17, 15) is 9.59 Å². The lowest BCUT2D eigenvalue weighted by Gasteiger charge is -2.15. The summed E-state index contributed by atoms with van der Waals surface area (Å²) in [6.07, 6.45) is 2.98. The van der Waals surface area contributed by atoms with E-state index in [1.165, 1.54) is 18.7 Å². The third kappa shape index (κ3) is 4.18. The van der Waals surface area contributed by atoms with E-state index in [-0.39, 0.29) is 17.9 Å². The van der Waals surface area contributed by atoms with Gasteiger partial charge in [0, 0.05) is 12.4 Å². The van der Waals surface area contributed by atoms with Crippen LogP contribution >= 0.6 is 0 Å². The molecule has 0 fully saturated rings. The van der Waals surface area contributed by atoms with Crippen molar-refractivity contribution in [2.45, 2.75) is 26.4 Å². The van der Waals surface area contributed by atoms with Gasteiger partial charge in [-0.2, -0.15) is 0 Å². The van der Waals surface area contributed by atoms with Crippen LogP contribution in [-0.2, 0) is 9.53 Å². The summed E-state index contributed by atoms with van der Waals surface area (Å²) in [4.78, 5) is 29.8. The number of carbonyl (C=O) groups excluding carboxylic acids is 1. The topological polar surface area (TPSA) is 89.4 Å². The maximum Gasteiger partial charge on any atom is 0.345 e. The van der Waals surface area contributed by atoms with Gasteiger partial charge in [0.15, 0.2) is 6.10 Å². The SMILES string of the molecule is CC(C)C[C@@H](OC(=O)c1cncnc1)C(=O)O. The largest absolute Gasteiger partial charge is 0.479 e. The van der Waals surface area contributed by atoms with Crippen LogP contribution in [0.1, 0.15) is 30.6 Å². The summed E-state index contributed by atoms with van der Waals surface area (Å²) in [7, 11) is 0. The van der Waals surface area contributed by atoms with Gasteiger partial charge in [-0.25, -0.2) is 19.6 Å². The molecule has 17 heavy (non-hydrogen) atoms. The number of rotatable bonds is 5. The molecule has 1 rings (SSSR count). The quantitative estimate of drug-likeness (QED) is 0.773. The zero-order valence-electron chi connectivity index (χ0n) is 9.66. The average molecular weight is 238 g/mol. The second-order valence-corrected chi connectivity index (χ2v) is 3.99. The van der Waals surface area contributed by atoms with Crippen molar-refractivity contribution in [1.29, 1.82) is 0 Å². The lowest BCUT2D eigenvalue weighted by molar-refractivity contribution is -0.148. The van der Waals surface area contributed by atoms with E-state index in [2.05, 4.69) is 9.97 Å². The molecule has 0 bridgehead atoms. The van der Waals surface area contributed by atoms with Gasteiger partial charge in [-0.1, -0.05) is 13.8 Å². The molecular weight excluding hydrogens is 224 g/mol. The second kappa shape index (κ2) is 5.93. The summed E-state index contributed by atoms with van der Waals surface area (Å²) in [6.45, 7) is 3.71. The maximum absolute atomic E-state index is 11.6. The number of esters is 1. The third-order valence-corrected chi connectivity index (χ3v) is 2.01. The summed E-state index contributed by atoms with van der Waals surface area (Å²) in [6, 6.07) is 0. The normalized spacial score (nSPS) is 12.2. The molecule has 92 valence electrons. The summed E-state index contributed by atoms with van der Waals surface area (Å²) in [5, 5.41) is 8.91. The van der Waals surface area contributed by atoms with Crippen molar-refractivity contribution >= 4 is 11.9 Å². The number of nitrogens with zero attached hydrogens (tertiary/aromatic N) is 2. The van der Waals surface area contributed by atoms with Crippen LogP contribution < -0.4 is 0 Å². The minimum absolute atomic E-state index is 0.121. The van der Waals surface area contributed by atoms with E-state index in [4.69, 9.17) is 9.84 Å². The van der Waals surface area contributed by atoms with Gasteiger partial charge in [-0.05, 0) is 12.3 Å². The summed E-state index contributed by atoms with van der Waals surface area (Å²) >= 11 is 0. The highest BCUT2D eigenvalue weighted by molar-refractivity contribution is 5.90. The molecule has 0 aliphatic rings. The molecule has 6 heteroatoms. The number of hydrogen-bond donors (Lipinski definition) is 1. The first-order valence-electron chi connectivity index (χ1n) is 5.19. The van der Waals surface area contributed by atoms with Gasteiger partial charge in [0.2, 0.25) is 0 Å². The smallest absolute Gasteiger partial charge is 0.345 e. The molecule has 1 N–H and O–H groups in total. The van der Waals surface area contributed by atoms with Crippen LogP contribution in [0.3, 0.4) is 0 Å². The Morgan fingerprint density at radius 2 is 1.94 bits per heavy atom. The van der Waals surface area contributed by atoms with E-state index in [0.29, 0.717) is 0 Å². The molecule has 6 nitrogen and oxygen atoms in total. The average Bonchev–Trinajstić information content (AvgIpc) is 2.28. The van der Waals surface area contributed by atoms with E-state index < -0.39 is 18.0 Å². The molecule has 0 spiro atoms. The standard InChI is InChI=1S/C11H14N2O4/c1-7(2)3-9(10(14)15)17-11(16)8-4-12-6-13-5-8/h4-7,9H,3H2,1-2H3,(H,14,15)/t9-/m1/s1. The fourth-order valence-electron chi connectivity index (χ4n) is 1.23. The summed E-state index contributed by atoms with van der Waals surface area (Å²) in [5.41, 5.74) is 0.141. The Morgan fingerprint density at radius 3 is 2.41 bits per heavy atom. The predicted molar refractivity (Wildman–Crippen MR) is 58.3 cm³/mol. The van der Waals surface area contributed by atoms with Gasteiger partial charge >= 0.3 is 11.9 Å². The number of carboxylic acids is 1. The van der Waals surface area contributed by atoms with Crippen molar-refractivity contribution in [3.8, 4) is 0 Å². The maximum atomic E-state index is 11.6. The summed E-state index contributed by atoms with van der Waals surface area (Å²) in [5.74, 6) is -1.75. The van der Waals surface area contributed by atoms with E-state index in [0.717, 1.165) is 0 Å². The molecule has 0 saturated heterocycles. The van der Waals surface area contributed by atoms with Crippen molar-refractivity contribution in [1.82, 2.24) is 9.97 Å². The minimum atomic E-state index is -1.15. The first-order valence-corrected chi connectivity index (χ1v) is 5.19. The van der Waals surface area contributed by atoms with Gasteiger partial charge in [-0.15, -0.1) is 0 Å². The van der Waals surface area contributed by atoms with Crippen LogP contribution in [0.5, 0.6) is 0 Å². The zero-order valence-corrected chi connectivity index (χ0v) is 9.66. The Labute approximate surface area is 98.7 Å². The molecular formula is C11H14N2O4. The van der Waals surface area contributed by atoms with Crippen molar-refractivity contribution in [2.24, 2.45) is 5.92 Å². The van der Waals surface area contributed by atoms with Crippen LogP contribution in [0.4, 0.5) is 0 Å².